The molecule has 0 aliphatic carbocycles. The fourth-order valence-electron chi connectivity index (χ4n) is 3.95. The van der Waals surface area contributed by atoms with E-state index >= 15 is 0 Å². The molecule has 2 amide bonds. The molecule has 0 radical (unpaired) electrons. The van der Waals surface area contributed by atoms with Gasteiger partial charge in [-0.25, -0.2) is 14.2 Å². The molecule has 1 aliphatic rings. The number of benzene rings is 2. The molecule has 0 saturated heterocycles. The van der Waals surface area contributed by atoms with Gasteiger partial charge < -0.3 is 19.5 Å². The Hall–Kier alpha value is -3.00. The Kier molecular flexibility index (Phi) is 7.88. The minimum atomic E-state index is -0.276. The first kappa shape index (κ1) is 23.2. The number of aryl methyl sites for hydroxylation is 1. The SMILES string of the molecule is CCOc1ccc(CN(CCCn2ccnc2)C(=O)NC2CCSc3ccc(F)cc32)cc1. The molecule has 6 nitrogen and oxygen atoms in total. The molecule has 2 heterocycles. The second-order valence-electron chi connectivity index (χ2n) is 7.97. The molecule has 1 unspecified atom stereocenters. The number of imidazole rings is 1. The summed E-state index contributed by atoms with van der Waals surface area (Å²) in [5.41, 5.74) is 1.89. The Morgan fingerprint density at radius 3 is 2.91 bits per heavy atom. The van der Waals surface area contributed by atoms with Gasteiger partial charge >= 0.3 is 6.03 Å². The van der Waals surface area contributed by atoms with Gasteiger partial charge in [0.25, 0.3) is 0 Å². The largest absolute Gasteiger partial charge is 0.494 e. The summed E-state index contributed by atoms with van der Waals surface area (Å²) in [5, 5.41) is 3.16. The maximum Gasteiger partial charge on any atom is 0.318 e. The minimum Gasteiger partial charge on any atom is -0.494 e. The number of carbonyl (C=O) groups excluding carboxylic acids is 1. The molecule has 33 heavy (non-hydrogen) atoms. The molecule has 0 bridgehead atoms. The molecule has 3 aromatic rings. The van der Waals surface area contributed by atoms with Crippen LogP contribution in [-0.4, -0.2) is 39.4 Å². The first-order valence-electron chi connectivity index (χ1n) is 11.3. The number of rotatable bonds is 9. The number of hydrogen-bond donors (Lipinski definition) is 1. The second kappa shape index (κ2) is 11.2. The van der Waals surface area contributed by atoms with Crippen LogP contribution in [0.2, 0.25) is 0 Å². The Balaban J connectivity index is 1.45. The molecule has 8 heteroatoms. The van der Waals surface area contributed by atoms with Crippen molar-refractivity contribution < 1.29 is 13.9 Å². The van der Waals surface area contributed by atoms with Gasteiger partial charge in [0.2, 0.25) is 0 Å². The molecule has 1 aromatic heterocycles. The average molecular weight is 469 g/mol. The van der Waals surface area contributed by atoms with Crippen molar-refractivity contribution in [3.8, 4) is 5.75 Å². The van der Waals surface area contributed by atoms with Crippen LogP contribution in [0.15, 0.2) is 66.1 Å². The lowest BCUT2D eigenvalue weighted by Gasteiger charge is -2.30. The van der Waals surface area contributed by atoms with Crippen LogP contribution in [-0.2, 0) is 13.1 Å². The van der Waals surface area contributed by atoms with Crippen molar-refractivity contribution in [3.05, 3.63) is 78.1 Å². The molecule has 0 fully saturated rings. The minimum absolute atomic E-state index is 0.137. The summed E-state index contributed by atoms with van der Waals surface area (Å²) >= 11 is 1.70. The van der Waals surface area contributed by atoms with E-state index in [2.05, 4.69) is 10.3 Å². The van der Waals surface area contributed by atoms with Crippen molar-refractivity contribution in [2.24, 2.45) is 0 Å². The summed E-state index contributed by atoms with van der Waals surface area (Å²) in [6.07, 6.45) is 7.03. The summed E-state index contributed by atoms with van der Waals surface area (Å²) in [7, 11) is 0. The van der Waals surface area contributed by atoms with Crippen molar-refractivity contribution in [2.75, 3.05) is 18.9 Å². The molecular formula is C25H29FN4O2S. The van der Waals surface area contributed by atoms with E-state index in [1.165, 1.54) is 6.07 Å². The number of halogens is 1. The fourth-order valence-corrected chi connectivity index (χ4v) is 5.05. The number of ether oxygens (including phenoxy) is 1. The predicted octanol–water partition coefficient (Wildman–Crippen LogP) is 5.26. The van der Waals surface area contributed by atoms with Crippen molar-refractivity contribution in [1.82, 2.24) is 19.8 Å². The van der Waals surface area contributed by atoms with Gasteiger partial charge in [0, 0.05) is 42.7 Å². The van der Waals surface area contributed by atoms with Gasteiger partial charge in [-0.2, -0.15) is 0 Å². The third-order valence-electron chi connectivity index (χ3n) is 5.61. The quantitative estimate of drug-likeness (QED) is 0.465. The van der Waals surface area contributed by atoms with Crippen molar-refractivity contribution in [3.63, 3.8) is 0 Å². The van der Waals surface area contributed by atoms with E-state index < -0.39 is 0 Å². The third-order valence-corrected chi connectivity index (χ3v) is 6.73. The third kappa shape index (κ3) is 6.28. The number of amides is 2. The fraction of sp³-hybridized carbons (Fsp3) is 0.360. The van der Waals surface area contributed by atoms with Crippen molar-refractivity contribution >= 4 is 17.8 Å². The van der Waals surface area contributed by atoms with Crippen LogP contribution >= 0.6 is 11.8 Å². The van der Waals surface area contributed by atoms with Crippen LogP contribution in [0.4, 0.5) is 9.18 Å². The lowest BCUT2D eigenvalue weighted by molar-refractivity contribution is 0.188. The van der Waals surface area contributed by atoms with Gasteiger partial charge in [-0.15, -0.1) is 11.8 Å². The molecule has 1 atom stereocenters. The number of thioether (sulfide) groups is 1. The summed E-state index contributed by atoms with van der Waals surface area (Å²) in [6, 6.07) is 12.3. The highest BCUT2D eigenvalue weighted by molar-refractivity contribution is 7.99. The van der Waals surface area contributed by atoms with E-state index in [0.29, 0.717) is 19.7 Å². The highest BCUT2D eigenvalue weighted by atomic mass is 32.2. The van der Waals surface area contributed by atoms with Crippen LogP contribution in [0.5, 0.6) is 5.75 Å². The Morgan fingerprint density at radius 1 is 1.30 bits per heavy atom. The molecular weight excluding hydrogens is 439 g/mol. The van der Waals surface area contributed by atoms with Crippen LogP contribution in [0.3, 0.4) is 0 Å². The van der Waals surface area contributed by atoms with Gasteiger partial charge in [0.05, 0.1) is 19.0 Å². The molecule has 1 N–H and O–H groups in total. The van der Waals surface area contributed by atoms with Gasteiger partial charge in [-0.1, -0.05) is 12.1 Å². The number of nitrogens with zero attached hydrogens (tertiary/aromatic N) is 3. The first-order chi connectivity index (χ1) is 16.1. The lowest BCUT2D eigenvalue weighted by Crippen LogP contribution is -2.42. The summed E-state index contributed by atoms with van der Waals surface area (Å²) < 4.78 is 21.4. The van der Waals surface area contributed by atoms with E-state index in [1.807, 2.05) is 46.9 Å². The van der Waals surface area contributed by atoms with Crippen LogP contribution in [0.1, 0.15) is 36.9 Å². The topological polar surface area (TPSA) is 59.4 Å². The smallest absolute Gasteiger partial charge is 0.318 e. The maximum absolute atomic E-state index is 13.9. The number of aromatic nitrogens is 2. The van der Waals surface area contributed by atoms with Gasteiger partial charge in [-0.05, 0) is 61.2 Å². The zero-order chi connectivity index (χ0) is 23.0. The van der Waals surface area contributed by atoms with Gasteiger partial charge in [-0.3, -0.25) is 0 Å². The Bertz CT molecular complexity index is 1040. The molecule has 1 aliphatic heterocycles. The van der Waals surface area contributed by atoms with Crippen LogP contribution in [0, 0.1) is 5.82 Å². The van der Waals surface area contributed by atoms with E-state index in [0.717, 1.165) is 46.9 Å². The van der Waals surface area contributed by atoms with Crippen molar-refractivity contribution in [2.45, 2.75) is 43.8 Å². The van der Waals surface area contributed by atoms with Gasteiger partial charge in [0.1, 0.15) is 11.6 Å². The average Bonchev–Trinajstić information content (AvgIpc) is 3.34. The van der Waals surface area contributed by atoms with Crippen LogP contribution in [0.25, 0.3) is 0 Å². The van der Waals surface area contributed by atoms with E-state index in [4.69, 9.17) is 4.74 Å². The van der Waals surface area contributed by atoms with E-state index in [-0.39, 0.29) is 17.9 Å². The zero-order valence-corrected chi connectivity index (χ0v) is 19.6. The molecule has 4 rings (SSSR count). The summed E-state index contributed by atoms with van der Waals surface area (Å²) in [4.78, 5) is 20.3. The normalized spacial score (nSPS) is 15.0. The standard InChI is InChI=1S/C25H29FN4O2S/c1-2-32-21-7-4-19(5-8-21)17-30(13-3-12-29-14-11-27-18-29)25(31)28-23-10-15-33-24-9-6-20(26)16-22(23)24/h4-9,11,14,16,18,23H,2-3,10,12-13,15,17H2,1H3,(H,28,31). The predicted molar refractivity (Wildman–Crippen MR) is 128 cm³/mol. The van der Waals surface area contributed by atoms with Crippen molar-refractivity contribution in [1.29, 1.82) is 0 Å². The molecule has 2 aromatic carbocycles. The Labute approximate surface area is 198 Å². The lowest BCUT2D eigenvalue weighted by atomic mass is 10.0. The maximum atomic E-state index is 13.9. The van der Waals surface area contributed by atoms with Crippen LogP contribution < -0.4 is 10.1 Å². The van der Waals surface area contributed by atoms with E-state index in [1.54, 1.807) is 36.4 Å². The Morgan fingerprint density at radius 2 is 2.15 bits per heavy atom. The highest BCUT2D eigenvalue weighted by Crippen LogP contribution is 2.36. The second-order valence-corrected chi connectivity index (χ2v) is 9.11. The monoisotopic (exact) mass is 468 g/mol. The number of urea groups is 1. The van der Waals surface area contributed by atoms with Gasteiger partial charge in [0.15, 0.2) is 0 Å². The molecule has 0 spiro atoms. The number of nitrogens with one attached hydrogen (secondary N) is 1. The highest BCUT2D eigenvalue weighted by Gasteiger charge is 2.25. The number of carbonyl (C=O) groups is 1. The molecule has 0 saturated carbocycles. The summed E-state index contributed by atoms with van der Waals surface area (Å²) in [6.45, 7) is 4.42. The van der Waals surface area contributed by atoms with E-state index in [9.17, 15) is 9.18 Å². The number of fused-ring (bicyclic) bond motifs is 1. The molecule has 174 valence electrons. The number of hydrogen-bond acceptors (Lipinski definition) is 4. The zero-order valence-electron chi connectivity index (χ0n) is 18.7. The summed E-state index contributed by atoms with van der Waals surface area (Å²) in [5.74, 6) is 1.43. The first-order valence-corrected chi connectivity index (χ1v) is 12.3.